The lowest BCUT2D eigenvalue weighted by Gasteiger charge is -2.03. The van der Waals surface area contributed by atoms with Crippen molar-refractivity contribution in [1.29, 1.82) is 5.26 Å². The molecular weight excluding hydrogens is 234 g/mol. The van der Waals surface area contributed by atoms with Crippen molar-refractivity contribution < 1.29 is 0 Å². The largest absolute Gasteiger partial charge is 0.237 e. The zero-order valence-corrected chi connectivity index (χ0v) is 10.2. The molecule has 2 heterocycles. The molecule has 3 heteroatoms. The Morgan fingerprint density at radius 2 is 2.00 bits per heavy atom. The van der Waals surface area contributed by atoms with Crippen molar-refractivity contribution >= 4 is 11.0 Å². The summed E-state index contributed by atoms with van der Waals surface area (Å²) in [5, 5.41) is 9.93. The van der Waals surface area contributed by atoms with Crippen LogP contribution in [0.4, 0.5) is 0 Å². The maximum absolute atomic E-state index is 8.89. The van der Waals surface area contributed by atoms with E-state index in [0.29, 0.717) is 12.0 Å². The maximum atomic E-state index is 8.89. The number of rotatable bonds is 2. The van der Waals surface area contributed by atoms with Gasteiger partial charge in [-0.05, 0) is 42.0 Å². The lowest BCUT2D eigenvalue weighted by atomic mass is 10.1. The molecule has 0 aliphatic heterocycles. The van der Waals surface area contributed by atoms with Crippen LogP contribution >= 0.6 is 0 Å². The molecule has 0 N–H and O–H groups in total. The minimum Gasteiger partial charge on any atom is -0.237 e. The number of fused-ring (bicyclic) bond motifs is 1. The highest BCUT2D eigenvalue weighted by Crippen LogP contribution is 2.13. The smallest absolute Gasteiger partial charge is 0.159 e. The third kappa shape index (κ3) is 2.43. The maximum Gasteiger partial charge on any atom is 0.159 e. The molecule has 0 radical (unpaired) electrons. The van der Waals surface area contributed by atoms with Gasteiger partial charge in [0.2, 0.25) is 0 Å². The number of pyridine rings is 2. The van der Waals surface area contributed by atoms with Crippen molar-refractivity contribution in [3.63, 3.8) is 0 Å². The summed E-state index contributed by atoms with van der Waals surface area (Å²) in [5.74, 6) is 0. The number of nitriles is 1. The quantitative estimate of drug-likeness (QED) is 0.697. The van der Waals surface area contributed by atoms with Crippen LogP contribution in [0.3, 0.4) is 0 Å². The highest BCUT2D eigenvalue weighted by atomic mass is 14.8. The summed E-state index contributed by atoms with van der Waals surface area (Å²) in [6.07, 6.45) is 2.46. The molecule has 3 nitrogen and oxygen atoms in total. The molecule has 90 valence electrons. The fourth-order valence-corrected chi connectivity index (χ4v) is 2.05. The highest BCUT2D eigenvalue weighted by Gasteiger charge is 2.01. The number of hydrogen-bond donors (Lipinski definition) is 0. The molecule has 2 aromatic heterocycles. The van der Waals surface area contributed by atoms with E-state index in [0.717, 1.165) is 22.3 Å². The lowest BCUT2D eigenvalue weighted by molar-refractivity contribution is 1.08. The average molecular weight is 245 g/mol. The van der Waals surface area contributed by atoms with Crippen molar-refractivity contribution in [2.45, 2.75) is 6.42 Å². The molecule has 1 aromatic carbocycles. The van der Waals surface area contributed by atoms with Gasteiger partial charge in [0.25, 0.3) is 0 Å². The standard InChI is InChI=1S/C16H11N3/c17-11-13-4-1-3-12(9-13)10-15-7-6-14-5-2-8-18-16(14)19-15/h1-9H,10H2. The molecule has 3 aromatic rings. The molecule has 0 saturated carbocycles. The third-order valence-corrected chi connectivity index (χ3v) is 2.96. The highest BCUT2D eigenvalue weighted by molar-refractivity contribution is 5.74. The molecule has 0 saturated heterocycles. The monoisotopic (exact) mass is 245 g/mol. The summed E-state index contributed by atoms with van der Waals surface area (Å²) in [4.78, 5) is 8.79. The van der Waals surface area contributed by atoms with Crippen LogP contribution in [0.1, 0.15) is 16.8 Å². The van der Waals surface area contributed by atoms with Gasteiger partial charge in [0.05, 0.1) is 11.6 Å². The Balaban J connectivity index is 1.94. The molecular formula is C16H11N3. The zero-order valence-electron chi connectivity index (χ0n) is 10.2. The topological polar surface area (TPSA) is 49.6 Å². The van der Waals surface area contributed by atoms with Gasteiger partial charge in [-0.1, -0.05) is 12.1 Å². The first-order valence-electron chi connectivity index (χ1n) is 6.05. The van der Waals surface area contributed by atoms with E-state index in [9.17, 15) is 0 Å². The summed E-state index contributed by atoms with van der Waals surface area (Å²) >= 11 is 0. The molecule has 3 rings (SSSR count). The van der Waals surface area contributed by atoms with Crippen LogP contribution in [0.2, 0.25) is 0 Å². The van der Waals surface area contributed by atoms with Gasteiger partial charge in [0.1, 0.15) is 0 Å². The first-order valence-corrected chi connectivity index (χ1v) is 6.05. The van der Waals surface area contributed by atoms with Gasteiger partial charge in [-0.3, -0.25) is 0 Å². The number of aromatic nitrogens is 2. The van der Waals surface area contributed by atoms with Gasteiger partial charge >= 0.3 is 0 Å². The summed E-state index contributed by atoms with van der Waals surface area (Å²) in [7, 11) is 0. The fraction of sp³-hybridized carbons (Fsp3) is 0.0625. The van der Waals surface area contributed by atoms with Crippen LogP contribution in [0.15, 0.2) is 54.7 Å². The SMILES string of the molecule is N#Cc1cccc(Cc2ccc3cccnc3n2)c1. The van der Waals surface area contributed by atoms with E-state index in [2.05, 4.69) is 16.0 Å². The minimum absolute atomic E-state index is 0.677. The van der Waals surface area contributed by atoms with E-state index in [1.165, 1.54) is 0 Å². The van der Waals surface area contributed by atoms with Gasteiger partial charge in [-0.15, -0.1) is 0 Å². The van der Waals surface area contributed by atoms with Gasteiger partial charge in [0, 0.05) is 23.7 Å². The van der Waals surface area contributed by atoms with Gasteiger partial charge in [0.15, 0.2) is 5.65 Å². The average Bonchev–Trinajstić information content (AvgIpc) is 2.47. The molecule has 0 bridgehead atoms. The molecule has 0 atom stereocenters. The van der Waals surface area contributed by atoms with Crippen LogP contribution in [0.5, 0.6) is 0 Å². The van der Waals surface area contributed by atoms with Gasteiger partial charge < -0.3 is 0 Å². The summed E-state index contributed by atoms with van der Waals surface area (Å²) < 4.78 is 0. The number of nitrogens with zero attached hydrogens (tertiary/aromatic N) is 3. The van der Waals surface area contributed by atoms with Crippen molar-refractivity contribution in [2.24, 2.45) is 0 Å². The molecule has 0 amide bonds. The van der Waals surface area contributed by atoms with Crippen molar-refractivity contribution in [3.8, 4) is 6.07 Å². The Morgan fingerprint density at radius 1 is 1.05 bits per heavy atom. The van der Waals surface area contributed by atoms with Crippen LogP contribution in [-0.2, 0) is 6.42 Å². The van der Waals surface area contributed by atoms with Crippen molar-refractivity contribution in [3.05, 3.63) is 71.5 Å². The number of hydrogen-bond acceptors (Lipinski definition) is 3. The third-order valence-electron chi connectivity index (χ3n) is 2.96. The Hall–Kier alpha value is -2.73. The molecule has 0 spiro atoms. The molecule has 19 heavy (non-hydrogen) atoms. The Kier molecular flexibility index (Phi) is 2.91. The van der Waals surface area contributed by atoms with Crippen molar-refractivity contribution in [1.82, 2.24) is 9.97 Å². The molecule has 0 aliphatic rings. The second-order valence-corrected chi connectivity index (χ2v) is 4.34. The molecule has 0 aliphatic carbocycles. The predicted molar refractivity (Wildman–Crippen MR) is 73.5 cm³/mol. The summed E-state index contributed by atoms with van der Waals surface area (Å²) in [6, 6.07) is 17.7. The van der Waals surface area contributed by atoms with Crippen LogP contribution in [0.25, 0.3) is 11.0 Å². The normalized spacial score (nSPS) is 10.3. The Bertz CT molecular complexity index is 772. The predicted octanol–water partition coefficient (Wildman–Crippen LogP) is 3.09. The van der Waals surface area contributed by atoms with Crippen LogP contribution in [-0.4, -0.2) is 9.97 Å². The Labute approximate surface area is 111 Å². The van der Waals surface area contributed by atoms with E-state index in [4.69, 9.17) is 5.26 Å². The van der Waals surface area contributed by atoms with Crippen LogP contribution < -0.4 is 0 Å². The summed E-state index contributed by atoms with van der Waals surface area (Å²) in [5.41, 5.74) is 3.48. The Morgan fingerprint density at radius 3 is 2.89 bits per heavy atom. The minimum atomic E-state index is 0.677. The van der Waals surface area contributed by atoms with Crippen LogP contribution in [0, 0.1) is 11.3 Å². The first-order chi connectivity index (χ1) is 9.35. The second-order valence-electron chi connectivity index (χ2n) is 4.34. The van der Waals surface area contributed by atoms with E-state index in [1.54, 1.807) is 12.3 Å². The van der Waals surface area contributed by atoms with Gasteiger partial charge in [-0.25, -0.2) is 9.97 Å². The first kappa shape index (κ1) is 11.4. The van der Waals surface area contributed by atoms with E-state index >= 15 is 0 Å². The molecule has 0 fully saturated rings. The van der Waals surface area contributed by atoms with E-state index < -0.39 is 0 Å². The van der Waals surface area contributed by atoms with E-state index in [1.807, 2.05) is 42.5 Å². The lowest BCUT2D eigenvalue weighted by Crippen LogP contribution is -1.94. The number of benzene rings is 1. The zero-order chi connectivity index (χ0) is 13.1. The molecule has 0 unspecified atom stereocenters. The van der Waals surface area contributed by atoms with Crippen molar-refractivity contribution in [2.75, 3.05) is 0 Å². The van der Waals surface area contributed by atoms with E-state index in [-0.39, 0.29) is 0 Å². The second kappa shape index (κ2) is 4.87. The fourth-order valence-electron chi connectivity index (χ4n) is 2.05. The summed E-state index contributed by atoms with van der Waals surface area (Å²) in [6.45, 7) is 0. The van der Waals surface area contributed by atoms with Gasteiger partial charge in [-0.2, -0.15) is 5.26 Å².